The molecule has 0 radical (unpaired) electrons. The molecule has 0 unspecified atom stereocenters. The maximum atomic E-state index is 12.1. The predicted molar refractivity (Wildman–Crippen MR) is 87.6 cm³/mol. The highest BCUT2D eigenvalue weighted by molar-refractivity contribution is 5.78. The molecule has 5 nitrogen and oxygen atoms in total. The second kappa shape index (κ2) is 9.10. The third-order valence-electron chi connectivity index (χ3n) is 3.29. The fraction of sp³-hybridized carbons (Fsp3) is 0.278. The van der Waals surface area contributed by atoms with Crippen molar-refractivity contribution in [3.8, 4) is 11.5 Å². The normalized spacial score (nSPS) is 11.1. The number of halogens is 3. The number of hydrogen-bond donors (Lipinski definition) is 1. The largest absolute Gasteiger partial charge is 0.496 e. The number of hydrogen-bond acceptors (Lipinski definition) is 4. The van der Waals surface area contributed by atoms with Crippen molar-refractivity contribution in [2.45, 2.75) is 19.2 Å². The molecule has 0 spiro atoms. The number of para-hydroxylation sites is 1. The molecule has 0 fully saturated rings. The summed E-state index contributed by atoms with van der Waals surface area (Å²) in [6, 6.07) is 13.1. The lowest BCUT2D eigenvalue weighted by molar-refractivity contribution is -0.153. The maximum absolute atomic E-state index is 12.1. The summed E-state index contributed by atoms with van der Waals surface area (Å²) >= 11 is 0. The van der Waals surface area contributed by atoms with E-state index < -0.39 is 12.8 Å². The molecule has 0 aliphatic heterocycles. The summed E-state index contributed by atoms with van der Waals surface area (Å²) in [7, 11) is 1.52. The number of methoxy groups -OCH3 is 1. The third kappa shape index (κ3) is 6.64. The van der Waals surface area contributed by atoms with Gasteiger partial charge in [0, 0.05) is 5.56 Å². The number of carbonyl (C=O) groups is 1. The van der Waals surface area contributed by atoms with Crippen LogP contribution in [0.5, 0.6) is 11.5 Å². The molecule has 2 rings (SSSR count). The Morgan fingerprint density at radius 2 is 1.77 bits per heavy atom. The van der Waals surface area contributed by atoms with E-state index in [9.17, 15) is 18.0 Å². The Bertz CT molecular complexity index is 717. The fourth-order valence-electron chi connectivity index (χ4n) is 2.11. The van der Waals surface area contributed by atoms with Crippen LogP contribution < -0.4 is 15.0 Å². The van der Waals surface area contributed by atoms with Crippen LogP contribution in [0.4, 0.5) is 13.2 Å². The summed E-state index contributed by atoms with van der Waals surface area (Å²) in [6.07, 6.45) is -4.29. The SMILES string of the molecule is COc1ccccc1CC(=O)NOCc1ccc(OCC(F)(F)F)cc1. The van der Waals surface area contributed by atoms with Crippen molar-refractivity contribution in [2.24, 2.45) is 0 Å². The van der Waals surface area contributed by atoms with Gasteiger partial charge in [0.2, 0.25) is 5.91 Å². The van der Waals surface area contributed by atoms with Crippen LogP contribution in [0, 0.1) is 0 Å². The Kier molecular flexibility index (Phi) is 6.85. The molecule has 2 aromatic rings. The molecule has 0 atom stereocenters. The zero-order valence-corrected chi connectivity index (χ0v) is 14.0. The number of carbonyl (C=O) groups excluding carboxylic acids is 1. The van der Waals surface area contributed by atoms with Crippen LogP contribution in [-0.4, -0.2) is 25.8 Å². The molecule has 0 aromatic heterocycles. The second-order valence-corrected chi connectivity index (χ2v) is 5.35. The fourth-order valence-corrected chi connectivity index (χ4v) is 2.11. The first-order valence-corrected chi connectivity index (χ1v) is 7.68. The lowest BCUT2D eigenvalue weighted by Gasteiger charge is -2.10. The van der Waals surface area contributed by atoms with Gasteiger partial charge in [-0.1, -0.05) is 30.3 Å². The van der Waals surface area contributed by atoms with Gasteiger partial charge in [0.05, 0.1) is 20.1 Å². The number of alkyl halides is 3. The minimum atomic E-state index is -4.38. The van der Waals surface area contributed by atoms with Crippen LogP contribution in [0.3, 0.4) is 0 Å². The minimum Gasteiger partial charge on any atom is -0.496 e. The summed E-state index contributed by atoms with van der Waals surface area (Å²) in [5.41, 5.74) is 3.71. The smallest absolute Gasteiger partial charge is 0.422 e. The van der Waals surface area contributed by atoms with E-state index in [1.165, 1.54) is 19.2 Å². The Morgan fingerprint density at radius 1 is 1.08 bits per heavy atom. The molecule has 2 aromatic carbocycles. The predicted octanol–water partition coefficient (Wildman–Crippen LogP) is 3.43. The molecule has 0 saturated heterocycles. The molecular formula is C18H18F3NO4. The Morgan fingerprint density at radius 3 is 2.42 bits per heavy atom. The van der Waals surface area contributed by atoms with Crippen molar-refractivity contribution >= 4 is 5.91 Å². The Labute approximate surface area is 148 Å². The van der Waals surface area contributed by atoms with Gasteiger partial charge in [0.15, 0.2) is 6.61 Å². The molecule has 0 bridgehead atoms. The Balaban J connectivity index is 1.76. The van der Waals surface area contributed by atoms with Gasteiger partial charge in [0.1, 0.15) is 11.5 Å². The number of amides is 1. The van der Waals surface area contributed by atoms with Gasteiger partial charge < -0.3 is 9.47 Å². The van der Waals surface area contributed by atoms with E-state index in [2.05, 4.69) is 10.2 Å². The first-order chi connectivity index (χ1) is 12.4. The Hall–Kier alpha value is -2.74. The van der Waals surface area contributed by atoms with Crippen molar-refractivity contribution in [1.82, 2.24) is 5.48 Å². The molecule has 8 heteroatoms. The highest BCUT2D eigenvalue weighted by atomic mass is 19.4. The molecule has 1 amide bonds. The summed E-state index contributed by atoms with van der Waals surface area (Å²) in [6.45, 7) is -1.28. The zero-order valence-electron chi connectivity index (χ0n) is 14.0. The number of nitrogens with one attached hydrogen (secondary N) is 1. The van der Waals surface area contributed by atoms with Gasteiger partial charge in [-0.25, -0.2) is 5.48 Å². The van der Waals surface area contributed by atoms with Gasteiger partial charge >= 0.3 is 6.18 Å². The van der Waals surface area contributed by atoms with Crippen molar-refractivity contribution in [1.29, 1.82) is 0 Å². The molecular weight excluding hydrogens is 351 g/mol. The highest BCUT2D eigenvalue weighted by Gasteiger charge is 2.28. The monoisotopic (exact) mass is 369 g/mol. The molecule has 1 N–H and O–H groups in total. The molecule has 26 heavy (non-hydrogen) atoms. The zero-order chi connectivity index (χ0) is 19.0. The van der Waals surface area contributed by atoms with E-state index in [1.807, 2.05) is 0 Å². The summed E-state index contributed by atoms with van der Waals surface area (Å²) in [5.74, 6) is 0.364. The first kappa shape index (κ1) is 19.6. The second-order valence-electron chi connectivity index (χ2n) is 5.35. The van der Waals surface area contributed by atoms with Gasteiger partial charge in [-0.3, -0.25) is 9.63 Å². The van der Waals surface area contributed by atoms with Crippen molar-refractivity contribution in [3.63, 3.8) is 0 Å². The average Bonchev–Trinajstić information content (AvgIpc) is 2.61. The highest BCUT2D eigenvalue weighted by Crippen LogP contribution is 2.19. The van der Waals surface area contributed by atoms with E-state index in [4.69, 9.17) is 9.57 Å². The molecule has 0 saturated carbocycles. The van der Waals surface area contributed by atoms with Gasteiger partial charge in [-0.15, -0.1) is 0 Å². The lowest BCUT2D eigenvalue weighted by Crippen LogP contribution is -2.25. The van der Waals surface area contributed by atoms with Crippen LogP contribution in [0.25, 0.3) is 0 Å². The molecule has 0 aliphatic rings. The van der Waals surface area contributed by atoms with Crippen LogP contribution in [0.15, 0.2) is 48.5 Å². The summed E-state index contributed by atoms with van der Waals surface area (Å²) < 4.78 is 46.0. The van der Waals surface area contributed by atoms with E-state index in [0.717, 1.165) is 5.56 Å². The van der Waals surface area contributed by atoms with Crippen molar-refractivity contribution in [2.75, 3.05) is 13.7 Å². The maximum Gasteiger partial charge on any atom is 0.422 e. The standard InChI is InChI=1S/C18H18F3NO4/c1-24-16-5-3-2-4-14(16)10-17(23)22-26-11-13-6-8-15(9-7-13)25-12-18(19,20)21/h2-9H,10-12H2,1H3,(H,22,23). The minimum absolute atomic E-state index is 0.0667. The molecule has 0 aliphatic carbocycles. The van der Waals surface area contributed by atoms with Crippen LogP contribution in [0.1, 0.15) is 11.1 Å². The van der Waals surface area contributed by atoms with Crippen molar-refractivity contribution in [3.05, 3.63) is 59.7 Å². The number of rotatable bonds is 8. The van der Waals surface area contributed by atoms with Crippen LogP contribution >= 0.6 is 0 Å². The number of hydroxylamine groups is 1. The van der Waals surface area contributed by atoms with E-state index in [1.54, 1.807) is 36.4 Å². The van der Waals surface area contributed by atoms with Crippen LogP contribution in [-0.2, 0) is 22.7 Å². The van der Waals surface area contributed by atoms with Gasteiger partial charge in [-0.2, -0.15) is 13.2 Å². The van der Waals surface area contributed by atoms with E-state index >= 15 is 0 Å². The van der Waals surface area contributed by atoms with Gasteiger partial charge in [-0.05, 0) is 23.8 Å². The third-order valence-corrected chi connectivity index (χ3v) is 3.29. The molecule has 140 valence electrons. The van der Waals surface area contributed by atoms with Crippen LogP contribution in [0.2, 0.25) is 0 Å². The first-order valence-electron chi connectivity index (χ1n) is 7.68. The van der Waals surface area contributed by atoms with E-state index in [0.29, 0.717) is 11.3 Å². The molecule has 0 heterocycles. The number of ether oxygens (including phenoxy) is 2. The summed E-state index contributed by atoms with van der Waals surface area (Å²) in [4.78, 5) is 17.0. The number of benzene rings is 2. The van der Waals surface area contributed by atoms with E-state index in [-0.39, 0.29) is 24.7 Å². The quantitative estimate of drug-likeness (QED) is 0.725. The summed E-state index contributed by atoms with van der Waals surface area (Å²) in [5, 5.41) is 0. The lowest BCUT2D eigenvalue weighted by atomic mass is 10.1. The topological polar surface area (TPSA) is 56.8 Å². The average molecular weight is 369 g/mol. The van der Waals surface area contributed by atoms with Crippen molar-refractivity contribution < 1.29 is 32.3 Å². The van der Waals surface area contributed by atoms with Gasteiger partial charge in [0.25, 0.3) is 0 Å².